The highest BCUT2D eigenvalue weighted by atomic mass is 79.9. The molecule has 0 aromatic heterocycles. The summed E-state index contributed by atoms with van der Waals surface area (Å²) in [4.78, 5) is 0. The Morgan fingerprint density at radius 2 is 1.80 bits per heavy atom. The van der Waals surface area contributed by atoms with Gasteiger partial charge in [0, 0.05) is 16.3 Å². The molecule has 1 aliphatic carbocycles. The van der Waals surface area contributed by atoms with Crippen LogP contribution in [-0.4, -0.2) is 0 Å². The zero-order valence-electron chi connectivity index (χ0n) is 8.67. The Morgan fingerprint density at radius 3 is 2.33 bits per heavy atom. The summed E-state index contributed by atoms with van der Waals surface area (Å²) in [7, 11) is 0. The Balaban J connectivity index is 2.33. The van der Waals surface area contributed by atoms with Crippen molar-refractivity contribution in [2.45, 2.75) is 37.5 Å². The van der Waals surface area contributed by atoms with E-state index in [1.165, 1.54) is 31.2 Å². The van der Waals surface area contributed by atoms with Gasteiger partial charge in [0.05, 0.1) is 6.07 Å². The van der Waals surface area contributed by atoms with E-state index >= 15 is 0 Å². The van der Waals surface area contributed by atoms with Gasteiger partial charge >= 0.3 is 0 Å². The normalized spacial score (nSPS) is 18.7. The maximum Gasteiger partial charge on any atom is 0.0631 e. The SMILES string of the molecule is N#CCC1(c2ccc(Br)cc2)CCCC1. The van der Waals surface area contributed by atoms with Crippen LogP contribution in [0.1, 0.15) is 37.7 Å². The number of nitrogens with zero attached hydrogens (tertiary/aromatic N) is 1. The van der Waals surface area contributed by atoms with Gasteiger partial charge in [-0.3, -0.25) is 0 Å². The van der Waals surface area contributed by atoms with Crippen LogP contribution in [0.15, 0.2) is 28.7 Å². The van der Waals surface area contributed by atoms with E-state index in [0.29, 0.717) is 6.42 Å². The first kappa shape index (κ1) is 10.7. The fourth-order valence-corrected chi connectivity index (χ4v) is 2.84. The molecule has 0 spiro atoms. The lowest BCUT2D eigenvalue weighted by Gasteiger charge is -2.26. The van der Waals surface area contributed by atoms with E-state index in [9.17, 15) is 0 Å². The first-order valence-corrected chi connectivity index (χ1v) is 6.19. The smallest absolute Gasteiger partial charge is 0.0631 e. The van der Waals surface area contributed by atoms with E-state index < -0.39 is 0 Å². The highest BCUT2D eigenvalue weighted by Gasteiger charge is 2.35. The van der Waals surface area contributed by atoms with Gasteiger partial charge in [-0.2, -0.15) is 5.26 Å². The summed E-state index contributed by atoms with van der Waals surface area (Å²) in [6.07, 6.45) is 5.52. The molecular weight excluding hydrogens is 250 g/mol. The van der Waals surface area contributed by atoms with E-state index in [-0.39, 0.29) is 5.41 Å². The van der Waals surface area contributed by atoms with Gasteiger partial charge in [-0.05, 0) is 30.5 Å². The van der Waals surface area contributed by atoms with Crippen molar-refractivity contribution < 1.29 is 0 Å². The molecule has 0 radical (unpaired) electrons. The van der Waals surface area contributed by atoms with Crippen LogP contribution in [0.5, 0.6) is 0 Å². The molecule has 0 amide bonds. The largest absolute Gasteiger partial charge is 0.198 e. The summed E-state index contributed by atoms with van der Waals surface area (Å²) in [5.41, 5.74) is 1.49. The van der Waals surface area contributed by atoms with Crippen LogP contribution in [0.2, 0.25) is 0 Å². The molecule has 0 N–H and O–H groups in total. The molecule has 0 atom stereocenters. The van der Waals surface area contributed by atoms with E-state index in [1.807, 2.05) is 0 Å². The van der Waals surface area contributed by atoms with Crippen molar-refractivity contribution in [3.8, 4) is 6.07 Å². The molecule has 1 nitrogen and oxygen atoms in total. The standard InChI is InChI=1S/C13H14BrN/c14-12-5-3-11(4-6-12)13(9-10-15)7-1-2-8-13/h3-6H,1-2,7-9H2. The summed E-state index contributed by atoms with van der Waals surface area (Å²) in [6.45, 7) is 0. The van der Waals surface area contributed by atoms with Gasteiger partial charge in [0.15, 0.2) is 0 Å². The van der Waals surface area contributed by atoms with Crippen molar-refractivity contribution in [2.24, 2.45) is 0 Å². The van der Waals surface area contributed by atoms with Crippen molar-refractivity contribution in [1.82, 2.24) is 0 Å². The fourth-order valence-electron chi connectivity index (χ4n) is 2.57. The predicted octanol–water partition coefficient (Wildman–Crippen LogP) is 4.17. The van der Waals surface area contributed by atoms with Gasteiger partial charge < -0.3 is 0 Å². The highest BCUT2D eigenvalue weighted by molar-refractivity contribution is 9.10. The van der Waals surface area contributed by atoms with E-state index in [1.54, 1.807) is 0 Å². The second-order valence-corrected chi connectivity index (χ2v) is 5.24. The van der Waals surface area contributed by atoms with Crippen LogP contribution in [0.3, 0.4) is 0 Å². The minimum Gasteiger partial charge on any atom is -0.198 e. The van der Waals surface area contributed by atoms with Crippen LogP contribution >= 0.6 is 15.9 Å². The first-order chi connectivity index (χ1) is 7.27. The molecule has 0 aliphatic heterocycles. The molecule has 1 fully saturated rings. The van der Waals surface area contributed by atoms with E-state index in [0.717, 1.165) is 4.47 Å². The zero-order chi connectivity index (χ0) is 10.7. The Hall–Kier alpha value is -0.810. The van der Waals surface area contributed by atoms with Gasteiger partial charge in [0.1, 0.15) is 0 Å². The van der Waals surface area contributed by atoms with Crippen LogP contribution < -0.4 is 0 Å². The van der Waals surface area contributed by atoms with Crippen molar-refractivity contribution in [1.29, 1.82) is 5.26 Å². The molecule has 0 saturated heterocycles. The lowest BCUT2D eigenvalue weighted by Crippen LogP contribution is -2.21. The zero-order valence-corrected chi connectivity index (χ0v) is 10.3. The molecule has 0 bridgehead atoms. The number of benzene rings is 1. The number of rotatable bonds is 2. The Labute approximate surface area is 99.2 Å². The average molecular weight is 264 g/mol. The monoisotopic (exact) mass is 263 g/mol. The van der Waals surface area contributed by atoms with Gasteiger partial charge in [0.25, 0.3) is 0 Å². The third-order valence-corrected chi connectivity index (χ3v) is 3.96. The van der Waals surface area contributed by atoms with Crippen molar-refractivity contribution in [3.05, 3.63) is 34.3 Å². The Kier molecular flexibility index (Phi) is 3.11. The Bertz CT molecular complexity index is 369. The summed E-state index contributed by atoms with van der Waals surface area (Å²) in [5, 5.41) is 8.95. The van der Waals surface area contributed by atoms with E-state index in [4.69, 9.17) is 5.26 Å². The quantitative estimate of drug-likeness (QED) is 0.786. The molecule has 2 rings (SSSR count). The molecule has 0 unspecified atom stereocenters. The molecule has 0 heterocycles. The fraction of sp³-hybridized carbons (Fsp3) is 0.462. The molecule has 1 aromatic rings. The number of nitriles is 1. The number of halogens is 1. The van der Waals surface area contributed by atoms with Gasteiger partial charge in [-0.25, -0.2) is 0 Å². The molecular formula is C13H14BrN. The van der Waals surface area contributed by atoms with Gasteiger partial charge in [0.2, 0.25) is 0 Å². The van der Waals surface area contributed by atoms with Crippen molar-refractivity contribution in [2.75, 3.05) is 0 Å². The van der Waals surface area contributed by atoms with Crippen LogP contribution in [0.4, 0.5) is 0 Å². The van der Waals surface area contributed by atoms with Crippen molar-refractivity contribution in [3.63, 3.8) is 0 Å². The summed E-state index contributed by atoms with van der Waals surface area (Å²) < 4.78 is 1.11. The molecule has 1 aromatic carbocycles. The first-order valence-electron chi connectivity index (χ1n) is 5.40. The van der Waals surface area contributed by atoms with Gasteiger partial charge in [-0.15, -0.1) is 0 Å². The maximum atomic E-state index is 8.95. The third-order valence-electron chi connectivity index (χ3n) is 3.43. The molecule has 78 valence electrons. The summed E-state index contributed by atoms with van der Waals surface area (Å²) >= 11 is 3.45. The van der Waals surface area contributed by atoms with Crippen LogP contribution in [0.25, 0.3) is 0 Å². The maximum absolute atomic E-state index is 8.95. The number of hydrogen-bond acceptors (Lipinski definition) is 1. The molecule has 2 heteroatoms. The second kappa shape index (κ2) is 4.37. The minimum absolute atomic E-state index is 0.148. The predicted molar refractivity (Wildman–Crippen MR) is 64.5 cm³/mol. The average Bonchev–Trinajstić information content (AvgIpc) is 2.69. The highest BCUT2D eigenvalue weighted by Crippen LogP contribution is 2.43. The summed E-state index contributed by atoms with van der Waals surface area (Å²) in [5.74, 6) is 0. The molecule has 1 aliphatic rings. The molecule has 15 heavy (non-hydrogen) atoms. The second-order valence-electron chi connectivity index (χ2n) is 4.33. The third kappa shape index (κ3) is 2.08. The van der Waals surface area contributed by atoms with Gasteiger partial charge in [-0.1, -0.05) is 40.9 Å². The Morgan fingerprint density at radius 1 is 1.20 bits per heavy atom. The topological polar surface area (TPSA) is 23.8 Å². The number of hydrogen-bond donors (Lipinski definition) is 0. The lowest BCUT2D eigenvalue weighted by molar-refractivity contribution is 0.451. The molecule has 1 saturated carbocycles. The minimum atomic E-state index is 0.148. The summed E-state index contributed by atoms with van der Waals surface area (Å²) in [6, 6.07) is 10.8. The van der Waals surface area contributed by atoms with E-state index in [2.05, 4.69) is 46.3 Å². The van der Waals surface area contributed by atoms with Crippen molar-refractivity contribution >= 4 is 15.9 Å². The van der Waals surface area contributed by atoms with Crippen LogP contribution in [0, 0.1) is 11.3 Å². The lowest BCUT2D eigenvalue weighted by atomic mass is 9.77. The van der Waals surface area contributed by atoms with Crippen LogP contribution in [-0.2, 0) is 5.41 Å².